The summed E-state index contributed by atoms with van der Waals surface area (Å²) < 4.78 is 0. The summed E-state index contributed by atoms with van der Waals surface area (Å²) in [6.45, 7) is 2.55. The van der Waals surface area contributed by atoms with Crippen molar-refractivity contribution in [3.63, 3.8) is 0 Å². The molecule has 86 valence electrons. The van der Waals surface area contributed by atoms with Gasteiger partial charge in [0.2, 0.25) is 0 Å². The summed E-state index contributed by atoms with van der Waals surface area (Å²) in [5.74, 6) is -0.0368. The molecule has 0 spiro atoms. The number of benzene rings is 1. The number of carbonyl (C=O) groups excluding carboxylic acids is 1. The molecule has 0 unspecified atom stereocenters. The highest BCUT2D eigenvalue weighted by molar-refractivity contribution is 5.94. The van der Waals surface area contributed by atoms with Crippen LogP contribution >= 0.6 is 0 Å². The van der Waals surface area contributed by atoms with Gasteiger partial charge in [0.15, 0.2) is 0 Å². The highest BCUT2D eigenvalue weighted by Gasteiger charge is 2.04. The second-order valence-electron chi connectivity index (χ2n) is 3.68. The first-order valence-electron chi connectivity index (χ1n) is 5.60. The highest BCUT2D eigenvalue weighted by Crippen LogP contribution is 2.18. The van der Waals surface area contributed by atoms with E-state index in [1.165, 1.54) is 0 Å². The SMILES string of the molecule is CCNC(=O)c1ccc(-c2cccnc2)cc1. The van der Waals surface area contributed by atoms with Gasteiger partial charge in [-0.2, -0.15) is 0 Å². The first kappa shape index (κ1) is 11.3. The largest absolute Gasteiger partial charge is 0.352 e. The molecule has 0 bridgehead atoms. The third-order valence-corrected chi connectivity index (χ3v) is 2.48. The Labute approximate surface area is 101 Å². The Balaban J connectivity index is 2.22. The molecule has 17 heavy (non-hydrogen) atoms. The van der Waals surface area contributed by atoms with Gasteiger partial charge in [0, 0.05) is 24.5 Å². The lowest BCUT2D eigenvalue weighted by Crippen LogP contribution is -2.22. The number of amides is 1. The molecule has 1 aromatic heterocycles. The van der Waals surface area contributed by atoms with Gasteiger partial charge in [0.25, 0.3) is 5.91 Å². The summed E-state index contributed by atoms with van der Waals surface area (Å²) in [6.07, 6.45) is 3.55. The average molecular weight is 226 g/mol. The van der Waals surface area contributed by atoms with Crippen molar-refractivity contribution in [2.45, 2.75) is 6.92 Å². The van der Waals surface area contributed by atoms with Crippen LogP contribution < -0.4 is 5.32 Å². The topological polar surface area (TPSA) is 42.0 Å². The van der Waals surface area contributed by atoms with Crippen LogP contribution in [0.3, 0.4) is 0 Å². The van der Waals surface area contributed by atoms with Crippen LogP contribution in [0.5, 0.6) is 0 Å². The van der Waals surface area contributed by atoms with Gasteiger partial charge >= 0.3 is 0 Å². The zero-order valence-electron chi connectivity index (χ0n) is 9.68. The van der Waals surface area contributed by atoms with Crippen LogP contribution in [-0.2, 0) is 0 Å². The predicted octanol–water partition coefficient (Wildman–Crippen LogP) is 2.50. The Bertz CT molecular complexity index is 491. The molecule has 1 aromatic carbocycles. The predicted molar refractivity (Wildman–Crippen MR) is 67.7 cm³/mol. The maximum absolute atomic E-state index is 11.6. The van der Waals surface area contributed by atoms with Crippen molar-refractivity contribution in [3.8, 4) is 11.1 Å². The molecular weight excluding hydrogens is 212 g/mol. The summed E-state index contributed by atoms with van der Waals surface area (Å²) >= 11 is 0. The van der Waals surface area contributed by atoms with Gasteiger partial charge in [-0.05, 0) is 36.2 Å². The van der Waals surface area contributed by atoms with E-state index in [0.717, 1.165) is 11.1 Å². The maximum atomic E-state index is 11.6. The first-order valence-corrected chi connectivity index (χ1v) is 5.60. The van der Waals surface area contributed by atoms with E-state index < -0.39 is 0 Å². The number of rotatable bonds is 3. The third kappa shape index (κ3) is 2.69. The van der Waals surface area contributed by atoms with Crippen LogP contribution in [0.1, 0.15) is 17.3 Å². The highest BCUT2D eigenvalue weighted by atomic mass is 16.1. The number of nitrogens with one attached hydrogen (secondary N) is 1. The molecule has 1 N–H and O–H groups in total. The molecule has 3 nitrogen and oxygen atoms in total. The molecule has 2 aromatic rings. The quantitative estimate of drug-likeness (QED) is 0.873. The molecule has 0 radical (unpaired) electrons. The van der Waals surface area contributed by atoms with Gasteiger partial charge in [0.05, 0.1) is 0 Å². The van der Waals surface area contributed by atoms with Gasteiger partial charge in [-0.3, -0.25) is 9.78 Å². The number of hydrogen-bond donors (Lipinski definition) is 1. The van der Waals surface area contributed by atoms with Crippen molar-refractivity contribution in [1.82, 2.24) is 10.3 Å². The summed E-state index contributed by atoms with van der Waals surface area (Å²) in [6, 6.07) is 11.4. The van der Waals surface area contributed by atoms with Crippen molar-refractivity contribution in [2.24, 2.45) is 0 Å². The summed E-state index contributed by atoms with van der Waals surface area (Å²) in [5, 5.41) is 2.77. The number of pyridine rings is 1. The molecule has 2 rings (SSSR count). The van der Waals surface area contributed by atoms with E-state index in [9.17, 15) is 4.79 Å². The molecule has 0 saturated heterocycles. The second-order valence-corrected chi connectivity index (χ2v) is 3.68. The average Bonchev–Trinajstić information content (AvgIpc) is 2.40. The number of hydrogen-bond acceptors (Lipinski definition) is 2. The summed E-state index contributed by atoms with van der Waals surface area (Å²) in [4.78, 5) is 15.6. The van der Waals surface area contributed by atoms with Crippen LogP contribution in [0, 0.1) is 0 Å². The molecule has 3 heteroatoms. The van der Waals surface area contributed by atoms with Gasteiger partial charge < -0.3 is 5.32 Å². The van der Waals surface area contributed by atoms with Crippen LogP contribution in [0.2, 0.25) is 0 Å². The molecule has 0 aliphatic carbocycles. The first-order chi connectivity index (χ1) is 8.31. The Kier molecular flexibility index (Phi) is 3.50. The molecule has 1 amide bonds. The van der Waals surface area contributed by atoms with Crippen molar-refractivity contribution >= 4 is 5.91 Å². The third-order valence-electron chi connectivity index (χ3n) is 2.48. The van der Waals surface area contributed by atoms with Gasteiger partial charge in [-0.15, -0.1) is 0 Å². The molecule has 0 aliphatic heterocycles. The fourth-order valence-corrected chi connectivity index (χ4v) is 1.61. The number of nitrogens with zero attached hydrogens (tertiary/aromatic N) is 1. The zero-order chi connectivity index (χ0) is 12.1. The lowest BCUT2D eigenvalue weighted by molar-refractivity contribution is 0.0956. The van der Waals surface area contributed by atoms with Gasteiger partial charge in [-0.25, -0.2) is 0 Å². The van der Waals surface area contributed by atoms with Crippen molar-refractivity contribution in [1.29, 1.82) is 0 Å². The molecule has 0 aliphatic rings. The Morgan fingerprint density at radius 2 is 1.94 bits per heavy atom. The van der Waals surface area contributed by atoms with Crippen LogP contribution in [-0.4, -0.2) is 17.4 Å². The second kappa shape index (κ2) is 5.25. The normalized spacial score (nSPS) is 9.94. The number of aromatic nitrogens is 1. The Morgan fingerprint density at radius 3 is 2.53 bits per heavy atom. The minimum atomic E-state index is -0.0368. The smallest absolute Gasteiger partial charge is 0.251 e. The monoisotopic (exact) mass is 226 g/mol. The standard InChI is InChI=1S/C14H14N2O/c1-2-16-14(17)12-7-5-11(6-8-12)13-4-3-9-15-10-13/h3-10H,2H2,1H3,(H,16,17). The lowest BCUT2D eigenvalue weighted by Gasteiger charge is -2.04. The van der Waals surface area contributed by atoms with Gasteiger partial charge in [-0.1, -0.05) is 18.2 Å². The fourth-order valence-electron chi connectivity index (χ4n) is 1.61. The van der Waals surface area contributed by atoms with Crippen LogP contribution in [0.25, 0.3) is 11.1 Å². The molecule has 0 fully saturated rings. The molecular formula is C14H14N2O. The van der Waals surface area contributed by atoms with E-state index in [0.29, 0.717) is 12.1 Å². The van der Waals surface area contributed by atoms with E-state index in [1.807, 2.05) is 43.3 Å². The summed E-state index contributed by atoms with van der Waals surface area (Å²) in [5.41, 5.74) is 2.79. The van der Waals surface area contributed by atoms with Crippen molar-refractivity contribution in [2.75, 3.05) is 6.54 Å². The number of carbonyl (C=O) groups is 1. The molecule has 0 saturated carbocycles. The Morgan fingerprint density at radius 1 is 1.18 bits per heavy atom. The van der Waals surface area contributed by atoms with Crippen LogP contribution in [0.15, 0.2) is 48.8 Å². The maximum Gasteiger partial charge on any atom is 0.251 e. The minimum Gasteiger partial charge on any atom is -0.352 e. The van der Waals surface area contributed by atoms with Crippen LogP contribution in [0.4, 0.5) is 0 Å². The Hall–Kier alpha value is -2.16. The van der Waals surface area contributed by atoms with Gasteiger partial charge in [0.1, 0.15) is 0 Å². The fraction of sp³-hybridized carbons (Fsp3) is 0.143. The minimum absolute atomic E-state index is 0.0368. The van der Waals surface area contributed by atoms with Crippen molar-refractivity contribution in [3.05, 3.63) is 54.4 Å². The molecule has 0 atom stereocenters. The van der Waals surface area contributed by atoms with E-state index in [1.54, 1.807) is 12.4 Å². The van der Waals surface area contributed by atoms with E-state index in [4.69, 9.17) is 0 Å². The summed E-state index contributed by atoms with van der Waals surface area (Å²) in [7, 11) is 0. The zero-order valence-corrected chi connectivity index (χ0v) is 9.68. The van der Waals surface area contributed by atoms with E-state index in [-0.39, 0.29) is 5.91 Å². The molecule has 1 heterocycles. The lowest BCUT2D eigenvalue weighted by atomic mass is 10.1. The van der Waals surface area contributed by atoms with E-state index in [2.05, 4.69) is 10.3 Å². The van der Waals surface area contributed by atoms with E-state index >= 15 is 0 Å². The van der Waals surface area contributed by atoms with Crippen molar-refractivity contribution < 1.29 is 4.79 Å².